The molecule has 0 saturated heterocycles. The summed E-state index contributed by atoms with van der Waals surface area (Å²) in [5.74, 6) is 1.62. The molecule has 0 amide bonds. The molecule has 3 N–H and O–H groups in total. The normalized spacial score (nSPS) is 20.3. The summed E-state index contributed by atoms with van der Waals surface area (Å²) < 4.78 is 18.6. The monoisotopic (exact) mass is 406 g/mol. The molecule has 0 fully saturated rings. The molecule has 2 aromatic rings. The fourth-order valence-corrected chi connectivity index (χ4v) is 4.60. The lowest BCUT2D eigenvalue weighted by Gasteiger charge is -2.33. The second-order valence-corrected chi connectivity index (χ2v) is 7.84. The molecule has 2 aliphatic rings. The first-order valence-corrected chi connectivity index (χ1v) is 9.65. The van der Waals surface area contributed by atoms with Crippen LogP contribution in [0.4, 0.5) is 0 Å². The number of methoxy groups -OCH3 is 1. The lowest BCUT2D eigenvalue weighted by molar-refractivity contribution is -0.908. The van der Waals surface area contributed by atoms with Crippen LogP contribution in [0.25, 0.3) is 0 Å². The van der Waals surface area contributed by atoms with Crippen molar-refractivity contribution < 1.29 is 24.2 Å². The summed E-state index contributed by atoms with van der Waals surface area (Å²) in [6.45, 7) is 4.73. The van der Waals surface area contributed by atoms with Gasteiger partial charge in [-0.15, -0.1) is 0 Å². The van der Waals surface area contributed by atoms with Gasteiger partial charge in [-0.25, -0.2) is 0 Å². The molecule has 2 atom stereocenters. The minimum Gasteiger partial charge on any atom is -0.494 e. The van der Waals surface area contributed by atoms with Crippen molar-refractivity contribution in [1.82, 2.24) is 9.55 Å². The van der Waals surface area contributed by atoms with Gasteiger partial charge in [0.2, 0.25) is 18.4 Å². The fourth-order valence-electron chi connectivity index (χ4n) is 4.21. The average molecular weight is 406 g/mol. The maximum Gasteiger partial charge on any atom is 0.265 e. The number of nitrogens with one attached hydrogen (secondary N) is 2. The van der Waals surface area contributed by atoms with Crippen molar-refractivity contribution in [3.63, 3.8) is 0 Å². The molecular weight excluding hydrogens is 382 g/mol. The molecule has 0 bridgehead atoms. The first kappa shape index (κ1) is 18.8. The van der Waals surface area contributed by atoms with E-state index in [2.05, 4.69) is 4.98 Å². The van der Waals surface area contributed by atoms with E-state index in [1.54, 1.807) is 11.7 Å². The van der Waals surface area contributed by atoms with Crippen molar-refractivity contribution >= 4 is 12.2 Å². The minimum absolute atomic E-state index is 0.106. The zero-order valence-electron chi connectivity index (χ0n) is 16.3. The highest BCUT2D eigenvalue weighted by Gasteiger charge is 2.41. The Hall–Kier alpha value is -2.52. The molecule has 9 heteroatoms. The number of aromatic hydroxyl groups is 1. The highest BCUT2D eigenvalue weighted by molar-refractivity contribution is 7.71. The van der Waals surface area contributed by atoms with Crippen LogP contribution in [-0.2, 0) is 6.42 Å². The van der Waals surface area contributed by atoms with E-state index in [1.807, 2.05) is 27.0 Å². The number of ether oxygens (including phenoxy) is 3. The van der Waals surface area contributed by atoms with Gasteiger partial charge in [-0.05, 0) is 37.7 Å². The molecule has 150 valence electrons. The Balaban J connectivity index is 2.03. The molecule has 2 aliphatic heterocycles. The van der Waals surface area contributed by atoms with Crippen molar-refractivity contribution in [3.8, 4) is 23.1 Å². The Kier molecular flexibility index (Phi) is 4.59. The van der Waals surface area contributed by atoms with Crippen LogP contribution in [0.5, 0.6) is 23.1 Å². The van der Waals surface area contributed by atoms with Crippen LogP contribution in [0.3, 0.4) is 0 Å². The fraction of sp³-hybridized carbons (Fsp3) is 0.474. The number of hydrogen-bond donors (Lipinski definition) is 3. The van der Waals surface area contributed by atoms with Crippen molar-refractivity contribution in [2.24, 2.45) is 0 Å². The number of likely N-dealkylation sites (N-methyl/N-ethyl adjacent to an activating group) is 1. The highest BCUT2D eigenvalue weighted by Crippen LogP contribution is 2.48. The van der Waals surface area contributed by atoms with E-state index in [1.165, 1.54) is 0 Å². The summed E-state index contributed by atoms with van der Waals surface area (Å²) in [6.07, 6.45) is 0.798. The SMILES string of the molecule is COc1c2c(cc3c1[C@@H](c1c(O)n(C(C)C)c(=S)[nH]c1=O)[NH+](C)CC3)OCO2. The number of hydrogen-bond acceptors (Lipinski definition) is 6. The summed E-state index contributed by atoms with van der Waals surface area (Å²) in [7, 11) is 3.57. The number of quaternary nitrogens is 1. The van der Waals surface area contributed by atoms with Crippen molar-refractivity contribution in [2.45, 2.75) is 32.4 Å². The first-order valence-electron chi connectivity index (χ1n) is 9.24. The van der Waals surface area contributed by atoms with Crippen LogP contribution < -0.4 is 24.7 Å². The predicted molar refractivity (Wildman–Crippen MR) is 104 cm³/mol. The number of aromatic nitrogens is 2. The third-order valence-corrected chi connectivity index (χ3v) is 5.77. The van der Waals surface area contributed by atoms with Crippen LogP contribution >= 0.6 is 12.2 Å². The third kappa shape index (κ3) is 2.68. The summed E-state index contributed by atoms with van der Waals surface area (Å²) >= 11 is 5.26. The summed E-state index contributed by atoms with van der Waals surface area (Å²) in [5, 5.41) is 11.0. The maximum atomic E-state index is 12.9. The highest BCUT2D eigenvalue weighted by atomic mass is 32.1. The van der Waals surface area contributed by atoms with Gasteiger partial charge in [0, 0.05) is 12.5 Å². The van der Waals surface area contributed by atoms with Crippen LogP contribution in [0.15, 0.2) is 10.9 Å². The van der Waals surface area contributed by atoms with E-state index >= 15 is 0 Å². The van der Waals surface area contributed by atoms with Crippen molar-refractivity contribution in [3.05, 3.63) is 37.9 Å². The van der Waals surface area contributed by atoms with Gasteiger partial charge in [0.1, 0.15) is 5.56 Å². The van der Waals surface area contributed by atoms with Crippen LogP contribution in [0, 0.1) is 4.77 Å². The van der Waals surface area contributed by atoms with Crippen LogP contribution in [0.1, 0.15) is 42.6 Å². The van der Waals surface area contributed by atoms with Gasteiger partial charge in [0.15, 0.2) is 22.3 Å². The van der Waals surface area contributed by atoms with Crippen LogP contribution in [-0.4, -0.2) is 42.2 Å². The second-order valence-electron chi connectivity index (χ2n) is 7.46. The predicted octanol–water partition coefficient (Wildman–Crippen LogP) is 1.09. The first-order chi connectivity index (χ1) is 13.3. The lowest BCUT2D eigenvalue weighted by Crippen LogP contribution is -3.10. The summed E-state index contributed by atoms with van der Waals surface area (Å²) in [5.41, 5.74) is 1.74. The van der Waals surface area contributed by atoms with E-state index in [0.29, 0.717) is 17.2 Å². The minimum atomic E-state index is -0.433. The van der Waals surface area contributed by atoms with Crippen molar-refractivity contribution in [2.75, 3.05) is 27.5 Å². The van der Waals surface area contributed by atoms with Crippen LogP contribution in [0.2, 0.25) is 0 Å². The molecule has 0 spiro atoms. The van der Waals surface area contributed by atoms with Gasteiger partial charge in [-0.2, -0.15) is 0 Å². The van der Waals surface area contributed by atoms with Gasteiger partial charge in [0.25, 0.3) is 5.56 Å². The molecule has 1 aromatic heterocycles. The molecule has 4 rings (SSSR count). The Morgan fingerprint density at radius 2 is 2.14 bits per heavy atom. The Morgan fingerprint density at radius 1 is 1.39 bits per heavy atom. The van der Waals surface area contributed by atoms with E-state index in [-0.39, 0.29) is 29.0 Å². The zero-order chi connectivity index (χ0) is 20.2. The summed E-state index contributed by atoms with van der Waals surface area (Å²) in [6, 6.07) is 1.41. The molecule has 1 unspecified atom stereocenters. The van der Waals surface area contributed by atoms with E-state index in [4.69, 9.17) is 26.4 Å². The second kappa shape index (κ2) is 6.82. The van der Waals surface area contributed by atoms with Gasteiger partial charge in [-0.1, -0.05) is 0 Å². The number of H-pyrrole nitrogens is 1. The Labute approximate surface area is 167 Å². The number of nitrogens with zero attached hydrogens (tertiary/aromatic N) is 1. The number of aromatic amines is 1. The van der Waals surface area contributed by atoms with Crippen molar-refractivity contribution in [1.29, 1.82) is 0 Å². The van der Waals surface area contributed by atoms with E-state index in [0.717, 1.165) is 29.0 Å². The van der Waals surface area contributed by atoms with E-state index in [9.17, 15) is 9.90 Å². The molecule has 28 heavy (non-hydrogen) atoms. The smallest absolute Gasteiger partial charge is 0.265 e. The largest absolute Gasteiger partial charge is 0.494 e. The number of fused-ring (bicyclic) bond motifs is 2. The molecule has 1 aromatic carbocycles. The van der Waals surface area contributed by atoms with Gasteiger partial charge >= 0.3 is 0 Å². The molecule has 0 aliphatic carbocycles. The molecule has 0 saturated carbocycles. The third-order valence-electron chi connectivity index (χ3n) is 5.48. The molecule has 8 nitrogen and oxygen atoms in total. The van der Waals surface area contributed by atoms with Gasteiger partial charge in [-0.3, -0.25) is 14.3 Å². The van der Waals surface area contributed by atoms with Gasteiger partial charge in [0.05, 0.1) is 26.3 Å². The molecular formula is C19H24N3O5S+. The summed E-state index contributed by atoms with van der Waals surface area (Å²) in [4.78, 5) is 16.7. The quantitative estimate of drug-likeness (QED) is 0.662. The average Bonchev–Trinajstić information content (AvgIpc) is 3.09. The zero-order valence-corrected chi connectivity index (χ0v) is 17.1. The topological polar surface area (TPSA) is 90.2 Å². The Morgan fingerprint density at radius 3 is 2.82 bits per heavy atom. The van der Waals surface area contributed by atoms with E-state index < -0.39 is 11.6 Å². The number of benzene rings is 1. The van der Waals surface area contributed by atoms with Gasteiger partial charge < -0.3 is 24.2 Å². The maximum absolute atomic E-state index is 12.9. The molecule has 0 radical (unpaired) electrons. The number of rotatable bonds is 3. The lowest BCUT2D eigenvalue weighted by atomic mass is 9.87. The standard InChI is InChI=1S/C19H23N3O5S/c1-9(2)22-18(24)13(17(23)20-19(22)28)14-12-10(5-6-21(14)3)7-11-15(16(12)25-4)27-8-26-11/h7,9,14,24H,5-6,8H2,1-4H3,(H,20,23,28)/p+1/t14-/m0/s1. The molecule has 3 heterocycles. The Bertz CT molecular complexity index is 1060.